The summed E-state index contributed by atoms with van der Waals surface area (Å²) in [5.74, 6) is 0.749. The minimum absolute atomic E-state index is 0.132. The van der Waals surface area contributed by atoms with Crippen LogP contribution in [0.5, 0.6) is 5.75 Å². The highest BCUT2D eigenvalue weighted by Crippen LogP contribution is 2.15. The van der Waals surface area contributed by atoms with Crippen LogP contribution in [0, 0.1) is 0 Å². The average Bonchev–Trinajstić information content (AvgIpc) is 2.57. The molecule has 0 aliphatic heterocycles. The third-order valence-electron chi connectivity index (χ3n) is 3.58. The molecular formula is C19H24N2O2. The van der Waals surface area contributed by atoms with Crippen LogP contribution in [-0.4, -0.2) is 12.8 Å². The summed E-state index contributed by atoms with van der Waals surface area (Å²) < 4.78 is 5.53. The third kappa shape index (κ3) is 5.33. The Balaban J connectivity index is 1.78. The second-order valence-corrected chi connectivity index (χ2v) is 5.32. The standard InChI is InChI=1S/C19H24N2O2/c1-3-7-15-10-12-17(13-11-15)23-14-20-19(22)21-18-9-6-5-8-16(18)4-2/h5-6,8-13H,3-4,7,14H2,1-2H3,(H2,20,21,22). The fourth-order valence-electron chi connectivity index (χ4n) is 2.34. The Bertz CT molecular complexity index is 624. The molecule has 0 atom stereocenters. The molecular weight excluding hydrogens is 288 g/mol. The lowest BCUT2D eigenvalue weighted by Crippen LogP contribution is -2.32. The summed E-state index contributed by atoms with van der Waals surface area (Å²) in [5.41, 5.74) is 3.23. The molecule has 2 aromatic carbocycles. The first-order chi connectivity index (χ1) is 11.2. The molecule has 2 N–H and O–H groups in total. The van der Waals surface area contributed by atoms with Crippen LogP contribution in [0.4, 0.5) is 10.5 Å². The molecule has 0 spiro atoms. The highest BCUT2D eigenvalue weighted by molar-refractivity contribution is 5.89. The van der Waals surface area contributed by atoms with Gasteiger partial charge in [-0.05, 0) is 42.2 Å². The zero-order valence-electron chi connectivity index (χ0n) is 13.8. The van der Waals surface area contributed by atoms with Crippen LogP contribution in [-0.2, 0) is 12.8 Å². The van der Waals surface area contributed by atoms with Crippen LogP contribution in [0.2, 0.25) is 0 Å². The van der Waals surface area contributed by atoms with E-state index in [1.807, 2.05) is 36.4 Å². The van der Waals surface area contributed by atoms with Crippen molar-refractivity contribution in [1.82, 2.24) is 5.32 Å². The topological polar surface area (TPSA) is 50.4 Å². The van der Waals surface area contributed by atoms with Crippen LogP contribution in [0.3, 0.4) is 0 Å². The van der Waals surface area contributed by atoms with E-state index < -0.39 is 0 Å². The molecule has 23 heavy (non-hydrogen) atoms. The zero-order valence-corrected chi connectivity index (χ0v) is 13.8. The summed E-state index contributed by atoms with van der Waals surface area (Å²) >= 11 is 0. The van der Waals surface area contributed by atoms with E-state index in [1.54, 1.807) is 0 Å². The second kappa shape index (κ2) is 8.83. The number of nitrogens with one attached hydrogen (secondary N) is 2. The van der Waals surface area contributed by atoms with Crippen molar-refractivity contribution in [2.45, 2.75) is 33.1 Å². The average molecular weight is 312 g/mol. The van der Waals surface area contributed by atoms with Gasteiger partial charge in [-0.25, -0.2) is 4.79 Å². The molecule has 0 bridgehead atoms. The number of para-hydroxylation sites is 1. The summed E-state index contributed by atoms with van der Waals surface area (Å²) in [7, 11) is 0. The van der Waals surface area contributed by atoms with Crippen molar-refractivity contribution in [1.29, 1.82) is 0 Å². The first kappa shape index (κ1) is 16.9. The maximum Gasteiger partial charge on any atom is 0.321 e. The lowest BCUT2D eigenvalue weighted by atomic mass is 10.1. The Morgan fingerprint density at radius 3 is 2.48 bits per heavy atom. The first-order valence-corrected chi connectivity index (χ1v) is 8.07. The number of anilines is 1. The Kier molecular flexibility index (Phi) is 6.48. The molecule has 0 radical (unpaired) electrons. The molecule has 0 unspecified atom stereocenters. The highest BCUT2D eigenvalue weighted by Gasteiger charge is 2.04. The molecule has 0 aliphatic rings. The van der Waals surface area contributed by atoms with Gasteiger partial charge in [-0.1, -0.05) is 50.6 Å². The first-order valence-electron chi connectivity index (χ1n) is 8.07. The Morgan fingerprint density at radius 2 is 1.78 bits per heavy atom. The van der Waals surface area contributed by atoms with Gasteiger partial charge in [0.2, 0.25) is 0 Å². The van der Waals surface area contributed by atoms with Crippen molar-refractivity contribution < 1.29 is 9.53 Å². The van der Waals surface area contributed by atoms with Gasteiger partial charge in [-0.3, -0.25) is 0 Å². The van der Waals surface area contributed by atoms with Gasteiger partial charge in [0.25, 0.3) is 0 Å². The van der Waals surface area contributed by atoms with Gasteiger partial charge in [-0.2, -0.15) is 0 Å². The van der Waals surface area contributed by atoms with Gasteiger partial charge in [0.05, 0.1) is 0 Å². The number of ether oxygens (including phenoxy) is 1. The van der Waals surface area contributed by atoms with E-state index in [0.29, 0.717) is 0 Å². The largest absolute Gasteiger partial charge is 0.473 e. The van der Waals surface area contributed by atoms with Crippen molar-refractivity contribution in [2.24, 2.45) is 0 Å². The van der Waals surface area contributed by atoms with Gasteiger partial charge in [0.15, 0.2) is 6.73 Å². The number of carbonyl (C=O) groups is 1. The van der Waals surface area contributed by atoms with Crippen molar-refractivity contribution in [2.75, 3.05) is 12.0 Å². The maximum absolute atomic E-state index is 11.9. The Morgan fingerprint density at radius 1 is 1.04 bits per heavy atom. The summed E-state index contributed by atoms with van der Waals surface area (Å²) in [4.78, 5) is 11.9. The molecule has 0 fully saturated rings. The Hall–Kier alpha value is -2.49. The molecule has 0 aliphatic carbocycles. The lowest BCUT2D eigenvalue weighted by molar-refractivity contribution is 0.234. The van der Waals surface area contributed by atoms with Crippen LogP contribution >= 0.6 is 0 Å². The number of benzene rings is 2. The van der Waals surface area contributed by atoms with Crippen LogP contribution in [0.25, 0.3) is 0 Å². The number of hydrogen-bond acceptors (Lipinski definition) is 2. The van der Waals surface area contributed by atoms with E-state index >= 15 is 0 Å². The minimum Gasteiger partial charge on any atom is -0.473 e. The maximum atomic E-state index is 11.9. The van der Waals surface area contributed by atoms with E-state index in [2.05, 4.69) is 36.6 Å². The summed E-state index contributed by atoms with van der Waals surface area (Å²) in [5, 5.41) is 5.54. The Labute approximate surface area is 137 Å². The fourth-order valence-corrected chi connectivity index (χ4v) is 2.34. The molecule has 0 saturated carbocycles. The minimum atomic E-state index is -0.270. The lowest BCUT2D eigenvalue weighted by Gasteiger charge is -2.12. The van der Waals surface area contributed by atoms with Crippen molar-refractivity contribution >= 4 is 11.7 Å². The summed E-state index contributed by atoms with van der Waals surface area (Å²) in [6.07, 6.45) is 3.07. The van der Waals surface area contributed by atoms with Crippen molar-refractivity contribution in [3.8, 4) is 5.75 Å². The highest BCUT2D eigenvalue weighted by atomic mass is 16.5. The van der Waals surface area contributed by atoms with Crippen LogP contribution in [0.15, 0.2) is 48.5 Å². The normalized spacial score (nSPS) is 10.2. The second-order valence-electron chi connectivity index (χ2n) is 5.32. The number of hydrogen-bond donors (Lipinski definition) is 2. The van der Waals surface area contributed by atoms with E-state index in [4.69, 9.17) is 4.74 Å². The number of urea groups is 1. The van der Waals surface area contributed by atoms with E-state index in [-0.39, 0.29) is 12.8 Å². The smallest absolute Gasteiger partial charge is 0.321 e. The molecule has 0 aromatic heterocycles. The van der Waals surface area contributed by atoms with Crippen molar-refractivity contribution in [3.05, 3.63) is 59.7 Å². The number of rotatable bonds is 7. The SMILES string of the molecule is CCCc1ccc(OCNC(=O)Nc2ccccc2CC)cc1. The quantitative estimate of drug-likeness (QED) is 0.746. The number of carbonyl (C=O) groups excluding carboxylic acids is 1. The molecule has 122 valence electrons. The molecule has 0 saturated heterocycles. The van der Waals surface area contributed by atoms with Gasteiger partial charge in [-0.15, -0.1) is 0 Å². The van der Waals surface area contributed by atoms with Gasteiger partial charge < -0.3 is 15.4 Å². The van der Waals surface area contributed by atoms with Crippen molar-refractivity contribution in [3.63, 3.8) is 0 Å². The van der Waals surface area contributed by atoms with E-state index in [0.717, 1.165) is 36.3 Å². The fraction of sp³-hybridized carbons (Fsp3) is 0.316. The molecule has 2 rings (SSSR count). The monoisotopic (exact) mass is 312 g/mol. The van der Waals surface area contributed by atoms with Crippen LogP contribution in [0.1, 0.15) is 31.4 Å². The predicted molar refractivity (Wildman–Crippen MR) is 93.9 cm³/mol. The molecule has 4 nitrogen and oxygen atoms in total. The van der Waals surface area contributed by atoms with E-state index in [9.17, 15) is 4.79 Å². The van der Waals surface area contributed by atoms with Gasteiger partial charge in [0, 0.05) is 5.69 Å². The van der Waals surface area contributed by atoms with Gasteiger partial charge in [0.1, 0.15) is 5.75 Å². The number of aryl methyl sites for hydroxylation is 2. The van der Waals surface area contributed by atoms with Crippen LogP contribution < -0.4 is 15.4 Å². The molecule has 0 heterocycles. The molecule has 2 aromatic rings. The molecule has 2 amide bonds. The van der Waals surface area contributed by atoms with Gasteiger partial charge >= 0.3 is 6.03 Å². The zero-order chi connectivity index (χ0) is 16.5. The molecule has 4 heteroatoms. The summed E-state index contributed by atoms with van der Waals surface area (Å²) in [6, 6.07) is 15.5. The predicted octanol–water partition coefficient (Wildman–Crippen LogP) is 4.36. The third-order valence-corrected chi connectivity index (χ3v) is 3.58. The van der Waals surface area contributed by atoms with E-state index in [1.165, 1.54) is 5.56 Å². The summed E-state index contributed by atoms with van der Waals surface area (Å²) in [6.45, 7) is 4.35. The number of amides is 2.